The average molecular weight is 279 g/mol. The van der Waals surface area contributed by atoms with Crippen LogP contribution in [0.3, 0.4) is 0 Å². The van der Waals surface area contributed by atoms with Gasteiger partial charge in [0.05, 0.1) is 5.60 Å². The molecule has 1 aromatic carbocycles. The highest BCUT2D eigenvalue weighted by atomic mass is 16.5. The van der Waals surface area contributed by atoms with Crippen LogP contribution in [0.15, 0.2) is 18.2 Å². The van der Waals surface area contributed by atoms with Gasteiger partial charge in [0.15, 0.2) is 0 Å². The topological polar surface area (TPSA) is 102 Å². The van der Waals surface area contributed by atoms with E-state index in [1.807, 2.05) is 0 Å². The van der Waals surface area contributed by atoms with Gasteiger partial charge < -0.3 is 26.2 Å². The minimum atomic E-state index is -0.880. The Bertz CT molecular complexity index is 478. The van der Waals surface area contributed by atoms with Crippen LogP contribution in [0.4, 0.5) is 11.4 Å². The molecule has 1 fully saturated rings. The third kappa shape index (κ3) is 3.40. The first-order chi connectivity index (χ1) is 9.39. The van der Waals surface area contributed by atoms with Gasteiger partial charge in [0.1, 0.15) is 0 Å². The van der Waals surface area contributed by atoms with Crippen LogP contribution in [-0.4, -0.2) is 48.3 Å². The SMILES string of the molecule is CN(CC1(O)CCOCC1)C(=O)c1cc(N)cc(N)c1. The molecule has 6 nitrogen and oxygen atoms in total. The molecule has 1 aliphatic heterocycles. The number of nitrogen functional groups attached to an aromatic ring is 2. The number of ether oxygens (including phenoxy) is 1. The number of anilines is 2. The minimum absolute atomic E-state index is 0.205. The number of aliphatic hydroxyl groups is 1. The third-order valence-electron chi connectivity index (χ3n) is 3.53. The zero-order valence-electron chi connectivity index (χ0n) is 11.6. The van der Waals surface area contributed by atoms with Gasteiger partial charge in [-0.25, -0.2) is 0 Å². The summed E-state index contributed by atoms with van der Waals surface area (Å²) in [6.45, 7) is 1.30. The van der Waals surface area contributed by atoms with Crippen molar-refractivity contribution in [2.24, 2.45) is 0 Å². The summed E-state index contributed by atoms with van der Waals surface area (Å²) in [6.07, 6.45) is 1.06. The van der Waals surface area contributed by atoms with Gasteiger partial charge in [-0.3, -0.25) is 4.79 Å². The number of benzene rings is 1. The molecule has 110 valence electrons. The van der Waals surface area contributed by atoms with Crippen LogP contribution in [0.5, 0.6) is 0 Å². The Morgan fingerprint density at radius 2 is 1.85 bits per heavy atom. The Hall–Kier alpha value is -1.79. The van der Waals surface area contributed by atoms with Crippen molar-refractivity contribution in [2.45, 2.75) is 18.4 Å². The van der Waals surface area contributed by atoms with Crippen molar-refractivity contribution in [3.05, 3.63) is 23.8 Å². The minimum Gasteiger partial charge on any atom is -0.399 e. The molecule has 1 aliphatic rings. The van der Waals surface area contributed by atoms with Crippen LogP contribution >= 0.6 is 0 Å². The number of hydrogen-bond donors (Lipinski definition) is 3. The molecule has 0 aliphatic carbocycles. The normalized spacial score (nSPS) is 17.7. The lowest BCUT2D eigenvalue weighted by atomic mass is 9.93. The van der Waals surface area contributed by atoms with Gasteiger partial charge in [0.2, 0.25) is 0 Å². The summed E-state index contributed by atoms with van der Waals surface area (Å²) in [5.41, 5.74) is 11.8. The lowest BCUT2D eigenvalue weighted by Gasteiger charge is -2.35. The quantitative estimate of drug-likeness (QED) is 0.698. The molecular formula is C14H21N3O3. The predicted molar refractivity (Wildman–Crippen MR) is 77.2 cm³/mol. The van der Waals surface area contributed by atoms with E-state index in [0.717, 1.165) is 0 Å². The summed E-state index contributed by atoms with van der Waals surface area (Å²) >= 11 is 0. The fourth-order valence-electron chi connectivity index (χ4n) is 2.44. The second-order valence-electron chi connectivity index (χ2n) is 5.39. The van der Waals surface area contributed by atoms with Crippen molar-refractivity contribution < 1.29 is 14.6 Å². The second kappa shape index (κ2) is 5.68. The van der Waals surface area contributed by atoms with Crippen molar-refractivity contribution in [1.29, 1.82) is 0 Å². The molecule has 1 saturated heterocycles. The standard InChI is InChI=1S/C14H21N3O3/c1-17(9-14(19)2-4-20-5-3-14)13(18)10-6-11(15)8-12(16)7-10/h6-8,19H,2-5,9,15-16H2,1H3. The van der Waals surface area contributed by atoms with Crippen LogP contribution < -0.4 is 11.5 Å². The Morgan fingerprint density at radius 1 is 1.30 bits per heavy atom. The highest BCUT2D eigenvalue weighted by Gasteiger charge is 2.32. The molecule has 1 aromatic rings. The molecule has 1 heterocycles. The van der Waals surface area contributed by atoms with Crippen LogP contribution in [-0.2, 0) is 4.74 Å². The van der Waals surface area contributed by atoms with E-state index >= 15 is 0 Å². The molecule has 0 aromatic heterocycles. The molecule has 1 amide bonds. The number of carbonyl (C=O) groups is 1. The zero-order chi connectivity index (χ0) is 14.8. The Kier molecular flexibility index (Phi) is 4.15. The fraction of sp³-hybridized carbons (Fsp3) is 0.500. The fourth-order valence-corrected chi connectivity index (χ4v) is 2.44. The van der Waals surface area contributed by atoms with Crippen LogP contribution in [0.2, 0.25) is 0 Å². The lowest BCUT2D eigenvalue weighted by molar-refractivity contribution is -0.0734. The maximum Gasteiger partial charge on any atom is 0.253 e. The zero-order valence-corrected chi connectivity index (χ0v) is 11.6. The summed E-state index contributed by atoms with van der Waals surface area (Å²) < 4.78 is 5.23. The molecular weight excluding hydrogens is 258 g/mol. The molecule has 2 rings (SSSR count). The number of rotatable bonds is 3. The number of amides is 1. The van der Waals surface area contributed by atoms with Crippen molar-refractivity contribution >= 4 is 17.3 Å². The van der Waals surface area contributed by atoms with Crippen molar-refractivity contribution in [3.63, 3.8) is 0 Å². The Labute approximate surface area is 118 Å². The first-order valence-corrected chi connectivity index (χ1v) is 6.61. The molecule has 0 unspecified atom stereocenters. The number of nitrogens with two attached hydrogens (primary N) is 2. The molecule has 5 N–H and O–H groups in total. The molecule has 6 heteroatoms. The molecule has 0 radical (unpaired) electrons. The van der Waals surface area contributed by atoms with Gasteiger partial charge in [-0.15, -0.1) is 0 Å². The maximum atomic E-state index is 12.3. The highest BCUT2D eigenvalue weighted by molar-refractivity contribution is 5.96. The van der Waals surface area contributed by atoms with Crippen molar-refractivity contribution in [2.75, 3.05) is 38.3 Å². The van der Waals surface area contributed by atoms with Gasteiger partial charge in [0, 0.05) is 56.6 Å². The summed E-state index contributed by atoms with van der Waals surface area (Å²) in [7, 11) is 1.66. The monoisotopic (exact) mass is 279 g/mol. The van der Waals surface area contributed by atoms with Gasteiger partial charge in [-0.2, -0.15) is 0 Å². The number of hydrogen-bond acceptors (Lipinski definition) is 5. The third-order valence-corrected chi connectivity index (χ3v) is 3.53. The van der Waals surface area contributed by atoms with Crippen LogP contribution in [0.25, 0.3) is 0 Å². The first-order valence-electron chi connectivity index (χ1n) is 6.61. The maximum absolute atomic E-state index is 12.3. The van der Waals surface area contributed by atoms with Gasteiger partial charge >= 0.3 is 0 Å². The number of likely N-dealkylation sites (N-methyl/N-ethyl adjacent to an activating group) is 1. The molecule has 0 atom stereocenters. The van der Waals surface area contributed by atoms with E-state index < -0.39 is 5.60 Å². The summed E-state index contributed by atoms with van der Waals surface area (Å²) in [6, 6.07) is 4.77. The average Bonchev–Trinajstić information content (AvgIpc) is 2.37. The smallest absolute Gasteiger partial charge is 0.253 e. The van der Waals surface area contributed by atoms with Gasteiger partial charge in [-0.05, 0) is 18.2 Å². The van der Waals surface area contributed by atoms with E-state index in [0.29, 0.717) is 43.0 Å². The van der Waals surface area contributed by atoms with Crippen LogP contribution in [0.1, 0.15) is 23.2 Å². The van der Waals surface area contributed by atoms with Crippen molar-refractivity contribution in [3.8, 4) is 0 Å². The summed E-state index contributed by atoms with van der Waals surface area (Å²) in [5.74, 6) is -0.205. The Morgan fingerprint density at radius 3 is 2.40 bits per heavy atom. The van der Waals surface area contributed by atoms with Gasteiger partial charge in [-0.1, -0.05) is 0 Å². The van der Waals surface area contributed by atoms with E-state index in [2.05, 4.69) is 0 Å². The van der Waals surface area contributed by atoms with E-state index in [-0.39, 0.29) is 12.5 Å². The Balaban J connectivity index is 2.08. The van der Waals surface area contributed by atoms with Crippen molar-refractivity contribution in [1.82, 2.24) is 4.90 Å². The highest BCUT2D eigenvalue weighted by Crippen LogP contribution is 2.22. The van der Waals surface area contributed by atoms with E-state index in [1.54, 1.807) is 25.2 Å². The largest absolute Gasteiger partial charge is 0.399 e. The number of nitrogens with zero attached hydrogens (tertiary/aromatic N) is 1. The number of carbonyl (C=O) groups excluding carboxylic acids is 1. The molecule has 0 saturated carbocycles. The first kappa shape index (κ1) is 14.6. The second-order valence-corrected chi connectivity index (χ2v) is 5.39. The molecule has 0 spiro atoms. The lowest BCUT2D eigenvalue weighted by Crippen LogP contribution is -2.47. The van der Waals surface area contributed by atoms with Crippen LogP contribution in [0, 0.1) is 0 Å². The summed E-state index contributed by atoms with van der Waals surface area (Å²) in [5, 5.41) is 10.4. The van der Waals surface area contributed by atoms with Gasteiger partial charge in [0.25, 0.3) is 5.91 Å². The predicted octanol–water partition coefficient (Wildman–Crippen LogP) is 0.464. The van der Waals surface area contributed by atoms with E-state index in [1.165, 1.54) is 4.90 Å². The van der Waals surface area contributed by atoms with E-state index in [9.17, 15) is 9.90 Å². The molecule has 0 bridgehead atoms. The summed E-state index contributed by atoms with van der Waals surface area (Å²) in [4.78, 5) is 13.8. The molecule has 20 heavy (non-hydrogen) atoms. The van der Waals surface area contributed by atoms with E-state index in [4.69, 9.17) is 16.2 Å².